The Labute approximate surface area is 131 Å². The molecule has 0 radical (unpaired) electrons. The molecule has 118 valence electrons. The molecule has 1 aromatic rings. The number of carbonyl (C=O) groups is 2. The number of Topliss-reactive ketones (excluding diaryl/α,β-unsaturated/α-hetero) is 1. The van der Waals surface area contributed by atoms with Crippen LogP contribution in [0.25, 0.3) is 0 Å². The van der Waals surface area contributed by atoms with Crippen LogP contribution in [0.2, 0.25) is 0 Å². The van der Waals surface area contributed by atoms with Gasteiger partial charge in [-0.2, -0.15) is 0 Å². The number of ketones is 1. The lowest BCUT2D eigenvalue weighted by Crippen LogP contribution is -2.41. The first-order valence-corrected chi connectivity index (χ1v) is 7.82. The van der Waals surface area contributed by atoms with Gasteiger partial charge in [0, 0.05) is 19.3 Å². The summed E-state index contributed by atoms with van der Waals surface area (Å²) in [6, 6.07) is 9.68. The minimum Gasteiger partial charge on any atom is -0.410 e. The van der Waals surface area contributed by atoms with Gasteiger partial charge in [-0.25, -0.2) is 9.79 Å². The van der Waals surface area contributed by atoms with Crippen molar-refractivity contribution in [3.8, 4) is 0 Å². The van der Waals surface area contributed by atoms with Gasteiger partial charge in [-0.1, -0.05) is 50.1 Å². The number of unbranched alkanes of at least 4 members (excludes halogenated alkanes) is 1. The van der Waals surface area contributed by atoms with Crippen molar-refractivity contribution in [1.29, 1.82) is 0 Å². The number of esters is 1. The molecule has 2 rings (SSSR count). The minimum atomic E-state index is -0.965. The zero-order valence-electron chi connectivity index (χ0n) is 13.5. The number of hydrogen-bond acceptors (Lipinski definition) is 4. The summed E-state index contributed by atoms with van der Waals surface area (Å²) in [7, 11) is 0. The van der Waals surface area contributed by atoms with Crippen molar-refractivity contribution in [2.45, 2.75) is 57.9 Å². The van der Waals surface area contributed by atoms with Crippen LogP contribution in [-0.4, -0.2) is 23.2 Å². The molecule has 1 heterocycles. The molecule has 0 aromatic heterocycles. The SMILES string of the molecule is CCCC[C@]1([C@H](CC(C)=O)c2ccccc2)N=C(C)OC1=O. The van der Waals surface area contributed by atoms with Crippen LogP contribution in [0, 0.1) is 0 Å². The van der Waals surface area contributed by atoms with E-state index in [1.54, 1.807) is 13.8 Å². The van der Waals surface area contributed by atoms with Gasteiger partial charge in [-0.05, 0) is 18.9 Å². The third-order valence-corrected chi connectivity index (χ3v) is 4.13. The predicted molar refractivity (Wildman–Crippen MR) is 85.9 cm³/mol. The number of aliphatic imine (C=N–C) groups is 1. The average molecular weight is 301 g/mol. The summed E-state index contributed by atoms with van der Waals surface area (Å²) in [5.74, 6) is -0.154. The monoisotopic (exact) mass is 301 g/mol. The summed E-state index contributed by atoms with van der Waals surface area (Å²) in [5.41, 5.74) is -0.00294. The van der Waals surface area contributed by atoms with Crippen molar-refractivity contribution < 1.29 is 14.3 Å². The number of carbonyl (C=O) groups excluding carboxylic acids is 2. The van der Waals surface area contributed by atoms with E-state index in [-0.39, 0.29) is 17.7 Å². The highest BCUT2D eigenvalue weighted by molar-refractivity contribution is 6.00. The second kappa shape index (κ2) is 6.86. The van der Waals surface area contributed by atoms with Gasteiger partial charge in [0.2, 0.25) is 0 Å². The van der Waals surface area contributed by atoms with Crippen LogP contribution < -0.4 is 0 Å². The van der Waals surface area contributed by atoms with Crippen molar-refractivity contribution >= 4 is 17.7 Å². The van der Waals surface area contributed by atoms with Crippen molar-refractivity contribution in [3.63, 3.8) is 0 Å². The Morgan fingerprint density at radius 3 is 2.50 bits per heavy atom. The summed E-state index contributed by atoms with van der Waals surface area (Å²) in [4.78, 5) is 28.9. The fourth-order valence-electron chi connectivity index (χ4n) is 3.11. The Hall–Kier alpha value is -1.97. The highest BCUT2D eigenvalue weighted by Crippen LogP contribution is 2.42. The second-order valence-corrected chi connectivity index (χ2v) is 5.92. The van der Waals surface area contributed by atoms with Crippen molar-refractivity contribution in [3.05, 3.63) is 35.9 Å². The maximum atomic E-state index is 12.6. The van der Waals surface area contributed by atoms with Crippen LogP contribution in [-0.2, 0) is 14.3 Å². The van der Waals surface area contributed by atoms with Gasteiger partial charge in [-0.3, -0.25) is 0 Å². The first-order valence-electron chi connectivity index (χ1n) is 7.82. The third-order valence-electron chi connectivity index (χ3n) is 4.13. The predicted octanol–water partition coefficient (Wildman–Crippen LogP) is 3.65. The van der Waals surface area contributed by atoms with E-state index >= 15 is 0 Å². The van der Waals surface area contributed by atoms with Gasteiger partial charge in [0.15, 0.2) is 11.4 Å². The van der Waals surface area contributed by atoms with Crippen LogP contribution in [0.5, 0.6) is 0 Å². The number of cyclic esters (lactones) is 1. The zero-order chi connectivity index (χ0) is 16.2. The van der Waals surface area contributed by atoms with Crippen LogP contribution in [0.1, 0.15) is 57.9 Å². The lowest BCUT2D eigenvalue weighted by Gasteiger charge is -2.31. The van der Waals surface area contributed by atoms with E-state index in [9.17, 15) is 9.59 Å². The Kier molecular flexibility index (Phi) is 5.11. The smallest absolute Gasteiger partial charge is 0.341 e. The largest absolute Gasteiger partial charge is 0.410 e. The first kappa shape index (κ1) is 16.4. The molecule has 0 saturated carbocycles. The van der Waals surface area contributed by atoms with Gasteiger partial charge in [-0.15, -0.1) is 0 Å². The number of hydrogen-bond donors (Lipinski definition) is 0. The van der Waals surface area contributed by atoms with Gasteiger partial charge < -0.3 is 9.53 Å². The molecular weight excluding hydrogens is 278 g/mol. The molecule has 0 spiro atoms. The normalized spacial score (nSPS) is 22.1. The molecule has 0 fully saturated rings. The van der Waals surface area contributed by atoms with E-state index in [1.165, 1.54) is 0 Å². The lowest BCUT2D eigenvalue weighted by atomic mass is 9.74. The highest BCUT2D eigenvalue weighted by atomic mass is 16.6. The molecule has 1 aliphatic heterocycles. The highest BCUT2D eigenvalue weighted by Gasteiger charge is 2.51. The number of ether oxygens (including phenoxy) is 1. The fourth-order valence-corrected chi connectivity index (χ4v) is 3.11. The summed E-state index contributed by atoms with van der Waals surface area (Å²) in [5, 5.41) is 0. The Morgan fingerprint density at radius 2 is 2.00 bits per heavy atom. The molecule has 2 atom stereocenters. The first-order chi connectivity index (χ1) is 10.5. The maximum absolute atomic E-state index is 12.6. The zero-order valence-corrected chi connectivity index (χ0v) is 13.5. The van der Waals surface area contributed by atoms with Crippen LogP contribution in [0.4, 0.5) is 0 Å². The van der Waals surface area contributed by atoms with E-state index in [0.717, 1.165) is 18.4 Å². The standard InChI is InChI=1S/C18H23NO3/c1-4-5-11-18(17(21)22-14(3)19-18)16(12-13(2)20)15-9-7-6-8-10-15/h6-10,16H,4-5,11-12H2,1-3H3/t16-,18-/m1/s1. The Morgan fingerprint density at radius 1 is 1.32 bits per heavy atom. The average Bonchev–Trinajstić information content (AvgIpc) is 2.78. The second-order valence-electron chi connectivity index (χ2n) is 5.92. The molecule has 22 heavy (non-hydrogen) atoms. The molecule has 0 bridgehead atoms. The van der Waals surface area contributed by atoms with Gasteiger partial charge >= 0.3 is 5.97 Å². The molecule has 0 N–H and O–H groups in total. The molecule has 0 saturated heterocycles. The molecule has 1 aliphatic rings. The summed E-state index contributed by atoms with van der Waals surface area (Å²) < 4.78 is 5.26. The maximum Gasteiger partial charge on any atom is 0.341 e. The molecule has 1 aromatic carbocycles. The summed E-state index contributed by atoms with van der Waals surface area (Å²) in [6.07, 6.45) is 2.73. The minimum absolute atomic E-state index is 0.0530. The van der Waals surface area contributed by atoms with E-state index in [2.05, 4.69) is 11.9 Å². The summed E-state index contributed by atoms with van der Waals surface area (Å²) >= 11 is 0. The summed E-state index contributed by atoms with van der Waals surface area (Å²) in [6.45, 7) is 5.33. The number of benzene rings is 1. The number of nitrogens with zero attached hydrogens (tertiary/aromatic N) is 1. The van der Waals surface area contributed by atoms with Crippen LogP contribution >= 0.6 is 0 Å². The third kappa shape index (κ3) is 3.26. The molecule has 4 heteroatoms. The van der Waals surface area contributed by atoms with Crippen LogP contribution in [0.15, 0.2) is 35.3 Å². The fraction of sp³-hybridized carbons (Fsp3) is 0.500. The molecule has 0 unspecified atom stereocenters. The van der Waals surface area contributed by atoms with Crippen molar-refractivity contribution in [2.24, 2.45) is 4.99 Å². The van der Waals surface area contributed by atoms with Gasteiger partial charge in [0.05, 0.1) is 0 Å². The Bertz CT molecular complexity index is 579. The Balaban J connectivity index is 2.49. The van der Waals surface area contributed by atoms with E-state index in [1.807, 2.05) is 30.3 Å². The topological polar surface area (TPSA) is 55.7 Å². The van der Waals surface area contributed by atoms with E-state index in [4.69, 9.17) is 4.74 Å². The molecule has 0 aliphatic carbocycles. The van der Waals surface area contributed by atoms with Crippen molar-refractivity contribution in [1.82, 2.24) is 0 Å². The quantitative estimate of drug-likeness (QED) is 0.722. The van der Waals surface area contributed by atoms with Gasteiger partial charge in [0.1, 0.15) is 5.78 Å². The molecular formula is C18H23NO3. The number of rotatable bonds is 7. The van der Waals surface area contributed by atoms with E-state index < -0.39 is 5.54 Å². The molecule has 0 amide bonds. The lowest BCUT2D eigenvalue weighted by molar-refractivity contribution is -0.140. The van der Waals surface area contributed by atoms with Crippen molar-refractivity contribution in [2.75, 3.05) is 0 Å². The van der Waals surface area contributed by atoms with E-state index in [0.29, 0.717) is 18.7 Å². The van der Waals surface area contributed by atoms with Gasteiger partial charge in [0.25, 0.3) is 0 Å². The van der Waals surface area contributed by atoms with Crippen LogP contribution in [0.3, 0.4) is 0 Å². The molecule has 4 nitrogen and oxygen atoms in total.